The smallest absolute Gasteiger partial charge is 0.410 e. The Kier molecular flexibility index (Phi) is 5.96. The minimum atomic E-state index is -0.495. The molecule has 2 aromatic carbocycles. The van der Waals surface area contributed by atoms with Crippen LogP contribution in [0.4, 0.5) is 10.5 Å². The van der Waals surface area contributed by atoms with Gasteiger partial charge in [0.2, 0.25) is 0 Å². The summed E-state index contributed by atoms with van der Waals surface area (Å²) in [6, 6.07) is 8.29. The molecule has 0 fully saturated rings. The maximum atomic E-state index is 12.7. The number of carbonyl (C=O) groups is 1. The third-order valence-corrected chi connectivity index (χ3v) is 6.61. The van der Waals surface area contributed by atoms with E-state index in [0.717, 1.165) is 54.4 Å². The molecular formula is C27H34N2O5. The van der Waals surface area contributed by atoms with Gasteiger partial charge in [0.05, 0.1) is 12.2 Å². The molecule has 5 rings (SSSR count). The minimum absolute atomic E-state index is 0.239. The summed E-state index contributed by atoms with van der Waals surface area (Å²) in [6.45, 7) is 12.5. The van der Waals surface area contributed by atoms with Gasteiger partial charge in [-0.2, -0.15) is 0 Å². The van der Waals surface area contributed by atoms with Gasteiger partial charge >= 0.3 is 6.09 Å². The van der Waals surface area contributed by atoms with Crippen LogP contribution in [0, 0.1) is 6.92 Å². The van der Waals surface area contributed by atoms with Crippen LogP contribution in [0.3, 0.4) is 0 Å². The molecule has 2 aromatic rings. The molecule has 182 valence electrons. The number of carbonyl (C=O) groups excluding carboxylic acids is 1. The van der Waals surface area contributed by atoms with Crippen molar-refractivity contribution in [2.45, 2.75) is 52.7 Å². The lowest BCUT2D eigenvalue weighted by molar-refractivity contribution is 0.0258. The summed E-state index contributed by atoms with van der Waals surface area (Å²) in [5.74, 6) is 2.59. The monoisotopic (exact) mass is 466 g/mol. The molecule has 0 unspecified atom stereocenters. The van der Waals surface area contributed by atoms with Crippen LogP contribution in [0.25, 0.3) is 0 Å². The largest absolute Gasteiger partial charge is 0.490 e. The topological polar surface area (TPSA) is 60.5 Å². The van der Waals surface area contributed by atoms with E-state index in [2.05, 4.69) is 24.0 Å². The highest BCUT2D eigenvalue weighted by Gasteiger charge is 2.29. The Balaban J connectivity index is 1.41. The molecule has 7 heteroatoms. The Morgan fingerprint density at radius 1 is 1.00 bits per heavy atom. The first-order valence-corrected chi connectivity index (χ1v) is 12.2. The second-order valence-electron chi connectivity index (χ2n) is 10.2. The first-order valence-electron chi connectivity index (χ1n) is 12.2. The average molecular weight is 467 g/mol. The summed E-state index contributed by atoms with van der Waals surface area (Å²) in [7, 11) is 0. The number of rotatable bonds is 2. The fraction of sp³-hybridized carbons (Fsp3) is 0.519. The fourth-order valence-corrected chi connectivity index (χ4v) is 5.08. The normalized spacial score (nSPS) is 17.3. The van der Waals surface area contributed by atoms with Crippen LogP contribution in [0.15, 0.2) is 24.3 Å². The van der Waals surface area contributed by atoms with E-state index >= 15 is 0 Å². The van der Waals surface area contributed by atoms with Gasteiger partial charge in [0.25, 0.3) is 0 Å². The number of para-hydroxylation sites is 1. The molecule has 0 aromatic heterocycles. The van der Waals surface area contributed by atoms with Crippen molar-refractivity contribution in [2.75, 3.05) is 44.4 Å². The van der Waals surface area contributed by atoms with Gasteiger partial charge in [0.1, 0.15) is 31.2 Å². The van der Waals surface area contributed by atoms with Crippen molar-refractivity contribution in [1.82, 2.24) is 4.90 Å². The van der Waals surface area contributed by atoms with Gasteiger partial charge in [-0.25, -0.2) is 4.79 Å². The van der Waals surface area contributed by atoms with E-state index in [1.807, 2.05) is 37.8 Å². The number of ether oxygens (including phenoxy) is 4. The third-order valence-electron chi connectivity index (χ3n) is 6.61. The standard InChI is InChI=1S/C27H34N2O5/c1-18-21-9-11-28(26(30)34-27(2,3)4)10-8-19(21)16-23-24(18)29(12-13-31-23)17-20-6-5-7-22-25(20)33-15-14-32-22/h5-7,16H,8-15,17H2,1-4H3. The number of amides is 1. The number of nitrogens with zero attached hydrogens (tertiary/aromatic N) is 2. The van der Waals surface area contributed by atoms with Crippen molar-refractivity contribution < 1.29 is 23.7 Å². The molecule has 0 aliphatic carbocycles. The van der Waals surface area contributed by atoms with Crippen LogP contribution < -0.4 is 19.1 Å². The number of anilines is 1. The van der Waals surface area contributed by atoms with E-state index in [9.17, 15) is 4.79 Å². The second-order valence-corrected chi connectivity index (χ2v) is 10.2. The van der Waals surface area contributed by atoms with Crippen LogP contribution in [-0.2, 0) is 24.1 Å². The zero-order valence-electron chi connectivity index (χ0n) is 20.6. The molecule has 0 N–H and O–H groups in total. The van der Waals surface area contributed by atoms with Crippen molar-refractivity contribution in [2.24, 2.45) is 0 Å². The molecule has 0 spiro atoms. The molecule has 3 heterocycles. The predicted octanol–water partition coefficient (Wildman–Crippen LogP) is 4.50. The number of hydrogen-bond acceptors (Lipinski definition) is 6. The molecule has 34 heavy (non-hydrogen) atoms. The summed E-state index contributed by atoms with van der Waals surface area (Å²) in [5.41, 5.74) is 5.58. The van der Waals surface area contributed by atoms with Crippen LogP contribution in [0.5, 0.6) is 17.2 Å². The second kappa shape index (κ2) is 8.93. The molecule has 3 aliphatic heterocycles. The molecule has 0 atom stereocenters. The Labute approximate surface area is 201 Å². The van der Waals surface area contributed by atoms with Gasteiger partial charge in [-0.15, -0.1) is 0 Å². The minimum Gasteiger partial charge on any atom is -0.490 e. The lowest BCUT2D eigenvalue weighted by Gasteiger charge is -2.35. The van der Waals surface area contributed by atoms with Crippen LogP contribution >= 0.6 is 0 Å². The zero-order valence-corrected chi connectivity index (χ0v) is 20.6. The van der Waals surface area contributed by atoms with Gasteiger partial charge in [-0.05, 0) is 69.4 Å². The Hall–Kier alpha value is -3.09. The van der Waals surface area contributed by atoms with Crippen molar-refractivity contribution in [3.8, 4) is 17.2 Å². The summed E-state index contributed by atoms with van der Waals surface area (Å²) in [4.78, 5) is 16.9. The van der Waals surface area contributed by atoms with Crippen LogP contribution in [-0.4, -0.2) is 56.0 Å². The van der Waals surface area contributed by atoms with Crippen LogP contribution in [0.2, 0.25) is 0 Å². The molecule has 0 saturated carbocycles. The van der Waals surface area contributed by atoms with Crippen molar-refractivity contribution in [3.63, 3.8) is 0 Å². The third kappa shape index (κ3) is 4.48. The van der Waals surface area contributed by atoms with Gasteiger partial charge in [0.15, 0.2) is 11.5 Å². The van der Waals surface area contributed by atoms with E-state index in [1.165, 1.54) is 16.7 Å². The highest BCUT2D eigenvalue weighted by atomic mass is 16.6. The zero-order chi connectivity index (χ0) is 23.9. The summed E-state index contributed by atoms with van der Waals surface area (Å²) in [6.07, 6.45) is 1.36. The molecule has 0 radical (unpaired) electrons. The maximum absolute atomic E-state index is 12.7. The lowest BCUT2D eigenvalue weighted by Crippen LogP contribution is -2.38. The van der Waals surface area contributed by atoms with E-state index in [0.29, 0.717) is 32.9 Å². The highest BCUT2D eigenvalue weighted by molar-refractivity contribution is 5.71. The SMILES string of the molecule is Cc1c2c(cc3c1N(Cc1cccc4c1OCCO4)CCO3)CCN(C(=O)OC(C)(C)C)CC2. The Bertz CT molecular complexity index is 1090. The maximum Gasteiger partial charge on any atom is 0.410 e. The van der Waals surface area contributed by atoms with Crippen molar-refractivity contribution >= 4 is 11.8 Å². The van der Waals surface area contributed by atoms with E-state index in [1.54, 1.807) is 0 Å². The van der Waals surface area contributed by atoms with Crippen molar-refractivity contribution in [1.29, 1.82) is 0 Å². The Morgan fingerprint density at radius 2 is 1.76 bits per heavy atom. The van der Waals surface area contributed by atoms with E-state index in [4.69, 9.17) is 18.9 Å². The molecule has 0 bridgehead atoms. The van der Waals surface area contributed by atoms with E-state index < -0.39 is 5.60 Å². The van der Waals surface area contributed by atoms with E-state index in [-0.39, 0.29) is 6.09 Å². The number of fused-ring (bicyclic) bond motifs is 3. The summed E-state index contributed by atoms with van der Waals surface area (Å²) >= 11 is 0. The van der Waals surface area contributed by atoms with Crippen molar-refractivity contribution in [3.05, 3.63) is 46.5 Å². The Morgan fingerprint density at radius 3 is 2.59 bits per heavy atom. The fourth-order valence-electron chi connectivity index (χ4n) is 5.08. The average Bonchev–Trinajstić information content (AvgIpc) is 3.01. The molecule has 1 amide bonds. The van der Waals surface area contributed by atoms with Gasteiger partial charge in [-0.3, -0.25) is 0 Å². The lowest BCUT2D eigenvalue weighted by atomic mass is 9.94. The van der Waals surface area contributed by atoms with Gasteiger partial charge in [0, 0.05) is 25.2 Å². The van der Waals surface area contributed by atoms with Gasteiger partial charge < -0.3 is 28.7 Å². The number of benzene rings is 2. The van der Waals surface area contributed by atoms with Gasteiger partial charge in [-0.1, -0.05) is 12.1 Å². The molecule has 0 saturated heterocycles. The molecule has 3 aliphatic rings. The molecule has 7 nitrogen and oxygen atoms in total. The molecular weight excluding hydrogens is 432 g/mol. The first kappa shape index (κ1) is 22.7. The summed E-state index contributed by atoms with van der Waals surface area (Å²) in [5, 5.41) is 0. The predicted molar refractivity (Wildman–Crippen MR) is 130 cm³/mol. The quantitative estimate of drug-likeness (QED) is 0.650. The number of hydrogen-bond donors (Lipinski definition) is 0. The summed E-state index contributed by atoms with van der Waals surface area (Å²) < 4.78 is 23.5. The highest BCUT2D eigenvalue weighted by Crippen LogP contribution is 2.42. The first-order chi connectivity index (χ1) is 16.3. The van der Waals surface area contributed by atoms with Crippen LogP contribution in [0.1, 0.15) is 43.0 Å².